The fourth-order valence-corrected chi connectivity index (χ4v) is 2.74. The van der Waals surface area contributed by atoms with Gasteiger partial charge in [-0.05, 0) is 36.1 Å². The molecule has 20 heavy (non-hydrogen) atoms. The summed E-state index contributed by atoms with van der Waals surface area (Å²) in [5.41, 5.74) is 6.48. The van der Waals surface area contributed by atoms with Crippen molar-refractivity contribution in [3.63, 3.8) is 0 Å². The molecule has 0 bridgehead atoms. The smallest absolute Gasteiger partial charge is 0.0457 e. The Hall–Kier alpha value is -2.22. The number of aryl methyl sites for hydroxylation is 2. The molecule has 3 rings (SSSR count). The number of rotatable bonds is 4. The maximum Gasteiger partial charge on any atom is 0.0457 e. The number of nitrogens with one attached hydrogen (secondary N) is 2. The van der Waals surface area contributed by atoms with Crippen molar-refractivity contribution < 1.29 is 0 Å². The van der Waals surface area contributed by atoms with Gasteiger partial charge in [0.05, 0.1) is 0 Å². The summed E-state index contributed by atoms with van der Waals surface area (Å²) in [6, 6.07) is 14.9. The van der Waals surface area contributed by atoms with Gasteiger partial charge in [-0.2, -0.15) is 0 Å². The van der Waals surface area contributed by atoms with Crippen LogP contribution >= 0.6 is 0 Å². The van der Waals surface area contributed by atoms with Crippen molar-refractivity contribution in [2.24, 2.45) is 0 Å². The van der Waals surface area contributed by atoms with Crippen LogP contribution in [-0.2, 0) is 13.0 Å². The number of aromatic nitrogens is 1. The molecule has 0 atom stereocenters. The average molecular weight is 264 g/mol. The van der Waals surface area contributed by atoms with E-state index in [9.17, 15) is 0 Å². The lowest BCUT2D eigenvalue weighted by atomic mass is 10.1. The number of aromatic amines is 1. The first-order chi connectivity index (χ1) is 9.79. The van der Waals surface area contributed by atoms with E-state index in [1.54, 1.807) is 0 Å². The molecule has 0 aliphatic carbocycles. The normalized spacial score (nSPS) is 10.9. The van der Waals surface area contributed by atoms with Crippen molar-refractivity contribution >= 4 is 16.6 Å². The van der Waals surface area contributed by atoms with Crippen LogP contribution in [0.4, 0.5) is 5.69 Å². The third-order valence-corrected chi connectivity index (χ3v) is 3.87. The van der Waals surface area contributed by atoms with E-state index in [0.717, 1.165) is 13.0 Å². The molecule has 0 amide bonds. The van der Waals surface area contributed by atoms with E-state index in [1.165, 1.54) is 33.3 Å². The molecule has 0 unspecified atom stereocenters. The van der Waals surface area contributed by atoms with Crippen LogP contribution in [0.25, 0.3) is 10.9 Å². The van der Waals surface area contributed by atoms with E-state index >= 15 is 0 Å². The van der Waals surface area contributed by atoms with E-state index in [0.29, 0.717) is 0 Å². The molecule has 2 aromatic carbocycles. The Morgan fingerprint density at radius 1 is 1.00 bits per heavy atom. The number of hydrogen-bond donors (Lipinski definition) is 2. The van der Waals surface area contributed by atoms with Gasteiger partial charge in [0.25, 0.3) is 0 Å². The maximum atomic E-state index is 3.61. The molecule has 0 fully saturated rings. The van der Waals surface area contributed by atoms with Crippen LogP contribution in [0.15, 0.2) is 48.7 Å². The molecule has 0 aliphatic rings. The zero-order valence-electron chi connectivity index (χ0n) is 12.0. The number of para-hydroxylation sites is 2. The van der Waals surface area contributed by atoms with Crippen LogP contribution < -0.4 is 5.32 Å². The van der Waals surface area contributed by atoms with Crippen LogP contribution in [0.1, 0.15) is 23.6 Å². The Bertz CT molecular complexity index is 725. The topological polar surface area (TPSA) is 27.8 Å². The van der Waals surface area contributed by atoms with Gasteiger partial charge in [-0.3, -0.25) is 0 Å². The van der Waals surface area contributed by atoms with Crippen LogP contribution in [0.3, 0.4) is 0 Å². The second kappa shape index (κ2) is 5.41. The lowest BCUT2D eigenvalue weighted by molar-refractivity contribution is 1.09. The van der Waals surface area contributed by atoms with Crippen LogP contribution in [-0.4, -0.2) is 4.98 Å². The summed E-state index contributed by atoms with van der Waals surface area (Å²) in [4.78, 5) is 3.33. The zero-order chi connectivity index (χ0) is 13.9. The van der Waals surface area contributed by atoms with Gasteiger partial charge < -0.3 is 10.3 Å². The molecular formula is C18H20N2. The molecule has 0 saturated heterocycles. The SMILES string of the molecule is CCc1cccc(C)c1NCc1c[nH]c2ccccc12. The van der Waals surface area contributed by atoms with Gasteiger partial charge in [0.1, 0.15) is 0 Å². The first kappa shape index (κ1) is 12.8. The monoisotopic (exact) mass is 264 g/mol. The highest BCUT2D eigenvalue weighted by atomic mass is 14.9. The van der Waals surface area contributed by atoms with Crippen molar-refractivity contribution in [3.05, 3.63) is 65.4 Å². The lowest BCUT2D eigenvalue weighted by Crippen LogP contribution is -2.03. The van der Waals surface area contributed by atoms with Crippen LogP contribution in [0, 0.1) is 6.92 Å². The summed E-state index contributed by atoms with van der Waals surface area (Å²) in [6.07, 6.45) is 3.15. The molecule has 2 N–H and O–H groups in total. The molecule has 1 aromatic heterocycles. The van der Waals surface area contributed by atoms with Crippen molar-refractivity contribution in [3.8, 4) is 0 Å². The average Bonchev–Trinajstić information content (AvgIpc) is 2.89. The predicted molar refractivity (Wildman–Crippen MR) is 86.2 cm³/mol. The molecule has 0 radical (unpaired) electrons. The summed E-state index contributed by atoms with van der Waals surface area (Å²) in [7, 11) is 0. The summed E-state index contributed by atoms with van der Waals surface area (Å²) in [5, 5.41) is 4.90. The molecule has 0 spiro atoms. The Kier molecular flexibility index (Phi) is 3.46. The van der Waals surface area contributed by atoms with E-state index in [4.69, 9.17) is 0 Å². The van der Waals surface area contributed by atoms with Crippen molar-refractivity contribution in [1.29, 1.82) is 0 Å². The molecule has 1 heterocycles. The minimum atomic E-state index is 0.849. The Morgan fingerprint density at radius 2 is 1.85 bits per heavy atom. The number of fused-ring (bicyclic) bond motifs is 1. The predicted octanol–water partition coefficient (Wildman–Crippen LogP) is 4.65. The highest BCUT2D eigenvalue weighted by Crippen LogP contribution is 2.24. The lowest BCUT2D eigenvalue weighted by Gasteiger charge is -2.13. The summed E-state index contributed by atoms with van der Waals surface area (Å²) < 4.78 is 0. The molecule has 0 aliphatic heterocycles. The van der Waals surface area contributed by atoms with Gasteiger partial charge in [0, 0.05) is 29.3 Å². The zero-order valence-corrected chi connectivity index (χ0v) is 12.0. The van der Waals surface area contributed by atoms with Gasteiger partial charge in [-0.15, -0.1) is 0 Å². The Balaban J connectivity index is 1.87. The third-order valence-electron chi connectivity index (χ3n) is 3.87. The largest absolute Gasteiger partial charge is 0.380 e. The van der Waals surface area contributed by atoms with E-state index in [-0.39, 0.29) is 0 Å². The van der Waals surface area contributed by atoms with Crippen LogP contribution in [0.5, 0.6) is 0 Å². The van der Waals surface area contributed by atoms with Crippen molar-refractivity contribution in [1.82, 2.24) is 4.98 Å². The van der Waals surface area contributed by atoms with Gasteiger partial charge in [0.2, 0.25) is 0 Å². The standard InChI is InChI=1S/C18H20N2/c1-3-14-8-6-7-13(2)18(14)20-12-15-11-19-17-10-5-4-9-16(15)17/h4-11,19-20H,3,12H2,1-2H3. The summed E-state index contributed by atoms with van der Waals surface area (Å²) in [5.74, 6) is 0. The molecule has 2 nitrogen and oxygen atoms in total. The number of hydrogen-bond acceptors (Lipinski definition) is 1. The van der Waals surface area contributed by atoms with E-state index in [1.807, 2.05) is 0 Å². The Labute approximate surface area is 119 Å². The highest BCUT2D eigenvalue weighted by molar-refractivity contribution is 5.83. The minimum absolute atomic E-state index is 0.849. The quantitative estimate of drug-likeness (QED) is 0.705. The molecular weight excluding hydrogens is 244 g/mol. The van der Waals surface area contributed by atoms with E-state index < -0.39 is 0 Å². The highest BCUT2D eigenvalue weighted by Gasteiger charge is 2.06. The van der Waals surface area contributed by atoms with Crippen molar-refractivity contribution in [2.75, 3.05) is 5.32 Å². The fraction of sp³-hybridized carbons (Fsp3) is 0.222. The van der Waals surface area contributed by atoms with Gasteiger partial charge in [-0.25, -0.2) is 0 Å². The first-order valence-electron chi connectivity index (χ1n) is 7.17. The Morgan fingerprint density at radius 3 is 2.70 bits per heavy atom. The summed E-state index contributed by atoms with van der Waals surface area (Å²) in [6.45, 7) is 5.21. The van der Waals surface area contributed by atoms with Crippen LogP contribution in [0.2, 0.25) is 0 Å². The fourth-order valence-electron chi connectivity index (χ4n) is 2.74. The van der Waals surface area contributed by atoms with E-state index in [2.05, 4.69) is 72.8 Å². The van der Waals surface area contributed by atoms with Gasteiger partial charge >= 0.3 is 0 Å². The first-order valence-corrected chi connectivity index (χ1v) is 7.17. The number of H-pyrrole nitrogens is 1. The molecule has 0 saturated carbocycles. The maximum absolute atomic E-state index is 3.61. The van der Waals surface area contributed by atoms with Gasteiger partial charge in [-0.1, -0.05) is 43.3 Å². The van der Waals surface area contributed by atoms with Gasteiger partial charge in [0.15, 0.2) is 0 Å². The molecule has 3 aromatic rings. The number of benzene rings is 2. The summed E-state index contributed by atoms with van der Waals surface area (Å²) >= 11 is 0. The third kappa shape index (κ3) is 2.29. The minimum Gasteiger partial charge on any atom is -0.380 e. The number of anilines is 1. The van der Waals surface area contributed by atoms with Crippen molar-refractivity contribution in [2.45, 2.75) is 26.8 Å². The molecule has 2 heteroatoms. The second-order valence-corrected chi connectivity index (χ2v) is 5.18. The molecule has 102 valence electrons. The second-order valence-electron chi connectivity index (χ2n) is 5.18.